The summed E-state index contributed by atoms with van der Waals surface area (Å²) in [5.41, 5.74) is 1.89. The second-order valence-corrected chi connectivity index (χ2v) is 7.16. The number of anilines is 1. The van der Waals surface area contributed by atoms with Crippen molar-refractivity contribution in [1.82, 2.24) is 10.2 Å². The lowest BCUT2D eigenvalue weighted by Gasteiger charge is -2.23. The van der Waals surface area contributed by atoms with Crippen LogP contribution in [0.2, 0.25) is 0 Å². The molecule has 28 heavy (non-hydrogen) atoms. The van der Waals surface area contributed by atoms with Gasteiger partial charge in [-0.15, -0.1) is 0 Å². The number of carbonyl (C=O) groups excluding carboxylic acids is 4. The van der Waals surface area contributed by atoms with Crippen LogP contribution in [0.5, 0.6) is 0 Å². The van der Waals surface area contributed by atoms with E-state index in [-0.39, 0.29) is 25.4 Å². The SMILES string of the molecule is CC[C@H](C)c1ccccc1N1C[C@@H](C(=O)OCC(=O)N2CCNC2=O)CC1=O. The fraction of sp³-hybridized carbons (Fsp3) is 0.500. The van der Waals surface area contributed by atoms with E-state index in [9.17, 15) is 19.2 Å². The molecule has 4 amide bonds. The second-order valence-electron chi connectivity index (χ2n) is 7.16. The van der Waals surface area contributed by atoms with Crippen molar-refractivity contribution < 1.29 is 23.9 Å². The van der Waals surface area contributed by atoms with Crippen LogP contribution in [0, 0.1) is 5.92 Å². The number of rotatable bonds is 6. The number of hydrogen-bond acceptors (Lipinski definition) is 5. The van der Waals surface area contributed by atoms with Gasteiger partial charge in [0.1, 0.15) is 0 Å². The van der Waals surface area contributed by atoms with Gasteiger partial charge in [-0.3, -0.25) is 19.3 Å². The van der Waals surface area contributed by atoms with Gasteiger partial charge in [-0.05, 0) is 24.0 Å². The van der Waals surface area contributed by atoms with Crippen LogP contribution in [0.1, 0.15) is 38.2 Å². The molecule has 0 unspecified atom stereocenters. The Morgan fingerprint density at radius 2 is 2.04 bits per heavy atom. The zero-order valence-corrected chi connectivity index (χ0v) is 16.1. The van der Waals surface area contributed by atoms with E-state index >= 15 is 0 Å². The van der Waals surface area contributed by atoms with Crippen LogP contribution in [0.3, 0.4) is 0 Å². The number of carbonyl (C=O) groups is 4. The lowest BCUT2D eigenvalue weighted by atomic mass is 9.96. The van der Waals surface area contributed by atoms with E-state index < -0.39 is 30.4 Å². The molecule has 2 aliphatic heterocycles. The fourth-order valence-electron chi connectivity index (χ4n) is 3.51. The van der Waals surface area contributed by atoms with Gasteiger partial charge < -0.3 is 15.0 Å². The smallest absolute Gasteiger partial charge is 0.324 e. The molecular formula is C20H25N3O5. The van der Waals surface area contributed by atoms with E-state index in [2.05, 4.69) is 19.2 Å². The van der Waals surface area contributed by atoms with Gasteiger partial charge in [0.15, 0.2) is 6.61 Å². The summed E-state index contributed by atoms with van der Waals surface area (Å²) < 4.78 is 5.09. The zero-order valence-electron chi connectivity index (χ0n) is 16.1. The van der Waals surface area contributed by atoms with Crippen molar-refractivity contribution in [2.24, 2.45) is 5.92 Å². The predicted octanol–water partition coefficient (Wildman–Crippen LogP) is 1.65. The molecule has 2 saturated heterocycles. The third-order valence-corrected chi connectivity index (χ3v) is 5.32. The average Bonchev–Trinajstić information content (AvgIpc) is 3.30. The van der Waals surface area contributed by atoms with E-state index in [0.29, 0.717) is 12.5 Å². The Labute approximate surface area is 163 Å². The number of hydrogen-bond donors (Lipinski definition) is 1. The Balaban J connectivity index is 1.62. The van der Waals surface area contributed by atoms with Crippen LogP contribution in [0.4, 0.5) is 10.5 Å². The molecule has 0 aromatic heterocycles. The minimum Gasteiger partial charge on any atom is -0.455 e. The number of amides is 4. The summed E-state index contributed by atoms with van der Waals surface area (Å²) in [5, 5.41) is 2.52. The number of nitrogens with one attached hydrogen (secondary N) is 1. The number of benzene rings is 1. The Morgan fingerprint density at radius 1 is 1.29 bits per heavy atom. The predicted molar refractivity (Wildman–Crippen MR) is 102 cm³/mol. The lowest BCUT2D eigenvalue weighted by molar-refractivity contribution is -0.154. The van der Waals surface area contributed by atoms with Crippen molar-refractivity contribution in [2.75, 3.05) is 31.1 Å². The van der Waals surface area contributed by atoms with Crippen molar-refractivity contribution in [3.05, 3.63) is 29.8 Å². The Kier molecular flexibility index (Phi) is 5.96. The Hall–Kier alpha value is -2.90. The van der Waals surface area contributed by atoms with Crippen LogP contribution in [-0.2, 0) is 19.1 Å². The first-order valence-corrected chi connectivity index (χ1v) is 9.56. The van der Waals surface area contributed by atoms with Gasteiger partial charge in [0.25, 0.3) is 5.91 Å². The van der Waals surface area contributed by atoms with Gasteiger partial charge in [-0.25, -0.2) is 4.79 Å². The topological polar surface area (TPSA) is 96.0 Å². The van der Waals surface area contributed by atoms with Gasteiger partial charge >= 0.3 is 12.0 Å². The average molecular weight is 387 g/mol. The summed E-state index contributed by atoms with van der Waals surface area (Å²) >= 11 is 0. The van der Waals surface area contributed by atoms with Crippen molar-refractivity contribution >= 4 is 29.5 Å². The molecule has 0 aliphatic carbocycles. The van der Waals surface area contributed by atoms with Crippen LogP contribution in [0.15, 0.2) is 24.3 Å². The molecule has 2 atom stereocenters. The van der Waals surface area contributed by atoms with Crippen LogP contribution >= 0.6 is 0 Å². The fourth-order valence-corrected chi connectivity index (χ4v) is 3.51. The highest BCUT2D eigenvalue weighted by molar-refractivity contribution is 6.01. The second kappa shape index (κ2) is 8.41. The largest absolute Gasteiger partial charge is 0.455 e. The Bertz CT molecular complexity index is 794. The third kappa shape index (κ3) is 4.00. The summed E-state index contributed by atoms with van der Waals surface area (Å²) in [6.07, 6.45) is 0.989. The minimum absolute atomic E-state index is 0.0477. The molecule has 0 radical (unpaired) electrons. The highest BCUT2D eigenvalue weighted by Crippen LogP contribution is 2.33. The van der Waals surface area contributed by atoms with Crippen molar-refractivity contribution in [3.8, 4) is 0 Å². The first-order valence-electron chi connectivity index (χ1n) is 9.56. The number of imide groups is 1. The maximum absolute atomic E-state index is 12.5. The monoisotopic (exact) mass is 387 g/mol. The molecule has 0 saturated carbocycles. The van der Waals surface area contributed by atoms with Gasteiger partial charge in [-0.2, -0.15) is 0 Å². The first kappa shape index (κ1) is 19.9. The first-order chi connectivity index (χ1) is 13.4. The molecule has 0 bridgehead atoms. The van der Waals surface area contributed by atoms with E-state index in [1.165, 1.54) is 0 Å². The highest BCUT2D eigenvalue weighted by Gasteiger charge is 2.38. The maximum Gasteiger partial charge on any atom is 0.324 e. The van der Waals surface area contributed by atoms with Crippen LogP contribution in [-0.4, -0.2) is 55.0 Å². The molecule has 0 spiro atoms. The molecule has 2 heterocycles. The minimum atomic E-state index is -0.627. The molecule has 1 aromatic rings. The number of urea groups is 1. The molecule has 1 N–H and O–H groups in total. The number of nitrogens with zero attached hydrogens (tertiary/aromatic N) is 2. The standard InChI is InChI=1S/C20H25N3O5/c1-3-13(2)15-6-4-5-7-16(15)23-11-14(10-17(23)24)19(26)28-12-18(25)22-9-8-21-20(22)27/h4-7,13-14H,3,8-12H2,1-2H3,(H,21,27)/t13-,14-/m0/s1. The van der Waals surface area contributed by atoms with E-state index in [1.807, 2.05) is 24.3 Å². The molecule has 2 aliphatic rings. The number of ether oxygens (including phenoxy) is 1. The normalized spacial score (nSPS) is 20.3. The summed E-state index contributed by atoms with van der Waals surface area (Å²) in [4.78, 5) is 51.0. The van der Waals surface area contributed by atoms with E-state index in [1.54, 1.807) is 4.90 Å². The number of para-hydroxylation sites is 1. The van der Waals surface area contributed by atoms with Crippen LogP contribution in [0.25, 0.3) is 0 Å². The van der Waals surface area contributed by atoms with Crippen molar-refractivity contribution in [1.29, 1.82) is 0 Å². The molecule has 1 aromatic carbocycles. The summed E-state index contributed by atoms with van der Waals surface area (Å²) in [7, 11) is 0. The van der Waals surface area contributed by atoms with Gasteiger partial charge in [-0.1, -0.05) is 32.0 Å². The molecule has 3 rings (SSSR count). The molecular weight excluding hydrogens is 362 g/mol. The van der Waals surface area contributed by atoms with Crippen molar-refractivity contribution in [2.45, 2.75) is 32.6 Å². The summed E-state index contributed by atoms with van der Waals surface area (Å²) in [6.45, 7) is 4.57. The van der Waals surface area contributed by atoms with Crippen molar-refractivity contribution in [3.63, 3.8) is 0 Å². The molecule has 8 nitrogen and oxygen atoms in total. The quantitative estimate of drug-likeness (QED) is 0.749. The lowest BCUT2D eigenvalue weighted by Crippen LogP contribution is -2.38. The van der Waals surface area contributed by atoms with Crippen LogP contribution < -0.4 is 10.2 Å². The van der Waals surface area contributed by atoms with Gasteiger partial charge in [0, 0.05) is 31.7 Å². The maximum atomic E-state index is 12.5. The summed E-state index contributed by atoms with van der Waals surface area (Å²) in [5.74, 6) is -1.63. The molecule has 8 heteroatoms. The van der Waals surface area contributed by atoms with Gasteiger partial charge in [0.2, 0.25) is 5.91 Å². The molecule has 2 fully saturated rings. The summed E-state index contributed by atoms with van der Waals surface area (Å²) in [6, 6.07) is 7.23. The van der Waals surface area contributed by atoms with E-state index in [4.69, 9.17) is 4.74 Å². The third-order valence-electron chi connectivity index (χ3n) is 5.32. The zero-order chi connectivity index (χ0) is 20.3. The number of esters is 1. The highest BCUT2D eigenvalue weighted by atomic mass is 16.5. The Morgan fingerprint density at radius 3 is 2.71 bits per heavy atom. The molecule has 150 valence electrons. The van der Waals surface area contributed by atoms with E-state index in [0.717, 1.165) is 22.6 Å². The van der Waals surface area contributed by atoms with Gasteiger partial charge in [0.05, 0.1) is 5.92 Å².